The zero-order chi connectivity index (χ0) is 20.5. The summed E-state index contributed by atoms with van der Waals surface area (Å²) in [6.45, 7) is 4.88. The molecule has 4 rings (SSSR count). The van der Waals surface area contributed by atoms with Crippen LogP contribution in [0.2, 0.25) is 0 Å². The number of nitrogens with zero attached hydrogens (tertiary/aromatic N) is 5. The lowest BCUT2D eigenvalue weighted by atomic mass is 9.99. The van der Waals surface area contributed by atoms with Crippen molar-refractivity contribution in [1.82, 2.24) is 9.78 Å². The number of hydrogen-bond donors (Lipinski definition) is 0. The summed E-state index contributed by atoms with van der Waals surface area (Å²) < 4.78 is 3.11. The summed E-state index contributed by atoms with van der Waals surface area (Å²) in [5.41, 5.74) is 5.07. The van der Waals surface area contributed by atoms with Crippen LogP contribution in [0.4, 0.5) is 11.4 Å². The molecule has 1 aliphatic rings. The van der Waals surface area contributed by atoms with Crippen LogP contribution >= 0.6 is 22.6 Å². The molecule has 0 radical (unpaired) electrons. The number of rotatable bonds is 5. The van der Waals surface area contributed by atoms with Gasteiger partial charge in [-0.05, 0) is 66.3 Å². The number of benzene rings is 2. The molecule has 0 bridgehead atoms. The molecular formula is C21H20IN5O2. The third-order valence-electron chi connectivity index (χ3n) is 5.08. The van der Waals surface area contributed by atoms with Crippen molar-refractivity contribution in [2.75, 3.05) is 5.01 Å². The van der Waals surface area contributed by atoms with E-state index in [0.717, 1.165) is 41.2 Å². The van der Waals surface area contributed by atoms with Crippen molar-refractivity contribution in [2.45, 2.75) is 32.9 Å². The van der Waals surface area contributed by atoms with E-state index >= 15 is 0 Å². The van der Waals surface area contributed by atoms with Gasteiger partial charge in [-0.1, -0.05) is 12.1 Å². The summed E-state index contributed by atoms with van der Waals surface area (Å²) in [6, 6.07) is 14.9. The van der Waals surface area contributed by atoms with E-state index in [0.29, 0.717) is 0 Å². The van der Waals surface area contributed by atoms with Gasteiger partial charge in [-0.3, -0.25) is 19.8 Å². The van der Waals surface area contributed by atoms with E-state index in [1.807, 2.05) is 16.6 Å². The van der Waals surface area contributed by atoms with Crippen LogP contribution in [0, 0.1) is 20.6 Å². The number of anilines is 1. The third kappa shape index (κ3) is 3.89. The van der Waals surface area contributed by atoms with Gasteiger partial charge in [0, 0.05) is 40.4 Å². The fourth-order valence-electron chi connectivity index (χ4n) is 3.56. The predicted molar refractivity (Wildman–Crippen MR) is 121 cm³/mol. The summed E-state index contributed by atoms with van der Waals surface area (Å²) >= 11 is 2.29. The van der Waals surface area contributed by atoms with Crippen LogP contribution in [0.25, 0.3) is 0 Å². The molecule has 0 saturated carbocycles. The van der Waals surface area contributed by atoms with Crippen molar-refractivity contribution in [3.05, 3.63) is 85.2 Å². The molecule has 3 aromatic rings. The van der Waals surface area contributed by atoms with Gasteiger partial charge in [0.05, 0.1) is 28.1 Å². The third-order valence-corrected chi connectivity index (χ3v) is 5.80. The van der Waals surface area contributed by atoms with Crippen molar-refractivity contribution in [1.29, 1.82) is 0 Å². The van der Waals surface area contributed by atoms with Gasteiger partial charge in [0.1, 0.15) is 0 Å². The van der Waals surface area contributed by atoms with Crippen molar-refractivity contribution in [3.8, 4) is 0 Å². The normalized spacial score (nSPS) is 16.2. The van der Waals surface area contributed by atoms with Crippen LogP contribution in [0.3, 0.4) is 0 Å². The second kappa shape index (κ2) is 7.94. The van der Waals surface area contributed by atoms with Crippen LogP contribution in [0.15, 0.2) is 59.8 Å². The first-order chi connectivity index (χ1) is 14.0. The van der Waals surface area contributed by atoms with Gasteiger partial charge in [0.2, 0.25) is 0 Å². The number of nitro groups is 1. The fraction of sp³-hybridized carbons (Fsp3) is 0.238. The minimum atomic E-state index is -0.388. The lowest BCUT2D eigenvalue weighted by molar-refractivity contribution is -0.384. The van der Waals surface area contributed by atoms with Gasteiger partial charge in [0.15, 0.2) is 0 Å². The Morgan fingerprint density at radius 1 is 1.17 bits per heavy atom. The summed E-state index contributed by atoms with van der Waals surface area (Å²) in [6.07, 6.45) is 2.82. The molecule has 0 fully saturated rings. The quantitative estimate of drug-likeness (QED) is 0.278. The second-order valence-electron chi connectivity index (χ2n) is 6.92. The summed E-state index contributed by atoms with van der Waals surface area (Å²) in [5, 5.41) is 22.5. The minimum Gasteiger partial charge on any atom is -0.272 e. The van der Waals surface area contributed by atoms with Gasteiger partial charge in [0.25, 0.3) is 5.69 Å². The van der Waals surface area contributed by atoms with Gasteiger partial charge in [-0.15, -0.1) is 0 Å². The number of hydrogen-bond acceptors (Lipinski definition) is 5. The molecule has 148 valence electrons. The molecule has 0 amide bonds. The number of halogens is 1. The molecule has 1 aromatic heterocycles. The van der Waals surface area contributed by atoms with Crippen LogP contribution in [0.1, 0.15) is 36.2 Å². The Morgan fingerprint density at radius 2 is 1.86 bits per heavy atom. The SMILES string of the molecule is CCn1cc(C2CC(c3ccc(I)cc3)=NN2c2ccc([N+](=O)[O-])cc2)c(C)n1. The Bertz CT molecular complexity index is 1070. The average Bonchev–Trinajstić information content (AvgIpc) is 3.32. The van der Waals surface area contributed by atoms with Gasteiger partial charge in [-0.25, -0.2) is 0 Å². The first-order valence-electron chi connectivity index (χ1n) is 9.37. The highest BCUT2D eigenvalue weighted by Gasteiger charge is 2.32. The number of hydrazone groups is 1. The summed E-state index contributed by atoms with van der Waals surface area (Å²) in [5.74, 6) is 0. The van der Waals surface area contributed by atoms with Crippen molar-refractivity contribution < 1.29 is 4.92 Å². The predicted octanol–water partition coefficient (Wildman–Crippen LogP) is 5.08. The Balaban J connectivity index is 1.75. The molecule has 1 unspecified atom stereocenters. The fourth-order valence-corrected chi connectivity index (χ4v) is 3.92. The lowest BCUT2D eigenvalue weighted by Gasteiger charge is -2.23. The molecule has 1 aliphatic heterocycles. The molecule has 1 atom stereocenters. The number of nitro benzene ring substituents is 1. The molecule has 2 aromatic carbocycles. The highest BCUT2D eigenvalue weighted by Crippen LogP contribution is 2.38. The van der Waals surface area contributed by atoms with E-state index in [1.54, 1.807) is 12.1 Å². The smallest absolute Gasteiger partial charge is 0.269 e. The maximum absolute atomic E-state index is 11.0. The summed E-state index contributed by atoms with van der Waals surface area (Å²) in [4.78, 5) is 10.6. The van der Waals surface area contributed by atoms with E-state index in [1.165, 1.54) is 15.7 Å². The first-order valence-corrected chi connectivity index (χ1v) is 10.4. The van der Waals surface area contributed by atoms with Crippen molar-refractivity contribution in [3.63, 3.8) is 0 Å². The Kier molecular flexibility index (Phi) is 5.35. The van der Waals surface area contributed by atoms with Crippen molar-refractivity contribution in [2.24, 2.45) is 5.10 Å². The van der Waals surface area contributed by atoms with Crippen LogP contribution in [-0.2, 0) is 6.54 Å². The molecule has 0 spiro atoms. The molecule has 8 heteroatoms. The molecule has 7 nitrogen and oxygen atoms in total. The number of aromatic nitrogens is 2. The van der Waals surface area contributed by atoms with Crippen molar-refractivity contribution >= 4 is 39.7 Å². The van der Waals surface area contributed by atoms with E-state index in [4.69, 9.17) is 5.10 Å². The maximum atomic E-state index is 11.0. The van der Waals surface area contributed by atoms with E-state index < -0.39 is 0 Å². The van der Waals surface area contributed by atoms with Gasteiger partial charge >= 0.3 is 0 Å². The largest absolute Gasteiger partial charge is 0.272 e. The van der Waals surface area contributed by atoms with Crippen LogP contribution < -0.4 is 5.01 Å². The standard InChI is InChI=1S/C21H20IN5O2/c1-3-25-13-19(14(2)23-25)21-12-20(15-4-6-16(22)7-5-15)24-26(21)17-8-10-18(11-9-17)27(28)29/h4-11,13,21H,3,12H2,1-2H3. The Labute approximate surface area is 182 Å². The second-order valence-corrected chi connectivity index (χ2v) is 8.16. The van der Waals surface area contributed by atoms with Gasteiger partial charge in [-0.2, -0.15) is 10.2 Å². The molecule has 0 aliphatic carbocycles. The van der Waals surface area contributed by atoms with Gasteiger partial charge < -0.3 is 0 Å². The number of non-ortho nitro benzene ring substituents is 1. The molecule has 0 N–H and O–H groups in total. The zero-order valence-electron chi connectivity index (χ0n) is 16.1. The van der Waals surface area contributed by atoms with E-state index in [2.05, 4.69) is 65.1 Å². The van der Waals surface area contributed by atoms with Crippen LogP contribution in [0.5, 0.6) is 0 Å². The lowest BCUT2D eigenvalue weighted by Crippen LogP contribution is -2.18. The van der Waals surface area contributed by atoms with Crippen LogP contribution in [-0.4, -0.2) is 20.4 Å². The Morgan fingerprint density at radius 3 is 2.45 bits per heavy atom. The summed E-state index contributed by atoms with van der Waals surface area (Å²) in [7, 11) is 0. The first kappa shape index (κ1) is 19.6. The molecule has 2 heterocycles. The minimum absolute atomic E-state index is 0.00830. The topological polar surface area (TPSA) is 76.6 Å². The maximum Gasteiger partial charge on any atom is 0.269 e. The van der Waals surface area contributed by atoms with E-state index in [9.17, 15) is 10.1 Å². The zero-order valence-corrected chi connectivity index (χ0v) is 18.3. The Hall–Kier alpha value is -2.75. The highest BCUT2D eigenvalue weighted by molar-refractivity contribution is 14.1. The highest BCUT2D eigenvalue weighted by atomic mass is 127. The molecule has 0 saturated heterocycles. The molecule has 29 heavy (non-hydrogen) atoms. The monoisotopic (exact) mass is 501 g/mol. The van der Waals surface area contributed by atoms with E-state index in [-0.39, 0.29) is 16.7 Å². The molecular weight excluding hydrogens is 481 g/mol. The number of aryl methyl sites for hydroxylation is 2. The average molecular weight is 501 g/mol.